The third kappa shape index (κ3) is 4.68. The number of rotatable bonds is 6. The van der Waals surface area contributed by atoms with E-state index in [4.69, 9.17) is 21.0 Å². The van der Waals surface area contributed by atoms with E-state index in [1.807, 2.05) is 0 Å². The fourth-order valence-electron chi connectivity index (χ4n) is 3.40. The summed E-state index contributed by atoms with van der Waals surface area (Å²) in [6.07, 6.45) is 2.31. The molecule has 9 nitrogen and oxygen atoms in total. The zero-order chi connectivity index (χ0) is 21.0. The van der Waals surface area contributed by atoms with E-state index >= 15 is 0 Å². The number of carbonyl (C=O) groups excluding carboxylic acids is 1. The van der Waals surface area contributed by atoms with Crippen molar-refractivity contribution < 1.29 is 19.4 Å². The van der Waals surface area contributed by atoms with Crippen molar-refractivity contribution in [2.45, 2.75) is 31.7 Å². The van der Waals surface area contributed by atoms with Gasteiger partial charge in [0.15, 0.2) is 0 Å². The molecule has 1 amide bonds. The zero-order valence-corrected chi connectivity index (χ0v) is 16.0. The number of amidine groups is 1. The highest BCUT2D eigenvalue weighted by molar-refractivity contribution is 5.98. The number of benzene rings is 1. The maximum Gasteiger partial charge on any atom is 0.306 e. The van der Waals surface area contributed by atoms with Crippen molar-refractivity contribution in [2.24, 2.45) is 11.7 Å². The molecule has 29 heavy (non-hydrogen) atoms. The number of hydrogen-bond acceptors (Lipinski definition) is 6. The summed E-state index contributed by atoms with van der Waals surface area (Å²) in [5.41, 5.74) is 7.53. The molecule has 3 rings (SSSR count). The van der Waals surface area contributed by atoms with Crippen LogP contribution in [0.15, 0.2) is 30.3 Å². The number of aliphatic carboxylic acids is 1. The minimum absolute atomic E-state index is 0.0324. The predicted molar refractivity (Wildman–Crippen MR) is 106 cm³/mol. The second kappa shape index (κ2) is 8.68. The van der Waals surface area contributed by atoms with Crippen molar-refractivity contribution >= 4 is 17.7 Å². The van der Waals surface area contributed by atoms with Gasteiger partial charge in [0.25, 0.3) is 5.91 Å². The van der Waals surface area contributed by atoms with Crippen LogP contribution in [-0.2, 0) is 4.79 Å². The lowest BCUT2D eigenvalue weighted by Gasteiger charge is -2.26. The molecule has 0 saturated heterocycles. The summed E-state index contributed by atoms with van der Waals surface area (Å²) >= 11 is 0. The summed E-state index contributed by atoms with van der Waals surface area (Å²) in [4.78, 5) is 23.9. The zero-order valence-electron chi connectivity index (χ0n) is 16.0. The van der Waals surface area contributed by atoms with Crippen LogP contribution in [0.3, 0.4) is 0 Å². The quantitative estimate of drug-likeness (QED) is 0.428. The van der Waals surface area contributed by atoms with Crippen LogP contribution in [0.2, 0.25) is 0 Å². The number of aromatic nitrogens is 2. The van der Waals surface area contributed by atoms with Crippen LogP contribution >= 0.6 is 0 Å². The van der Waals surface area contributed by atoms with Crippen LogP contribution in [-0.4, -0.2) is 46.2 Å². The standard InChI is InChI=1S/C20H23N5O4/c1-29-19-15(18(26)23-14-8-6-13(7-9-14)20(27)28)10-16(24-25-19)11-2-4-12(5-3-11)17(21)22/h2-5,10,13-14H,6-9H2,1H3,(H3,21,22)(H,23,26)(H,27,28)/t13-,14-. The van der Waals surface area contributed by atoms with Crippen molar-refractivity contribution in [1.82, 2.24) is 15.5 Å². The Hall–Kier alpha value is -3.49. The number of methoxy groups -OCH3 is 1. The van der Waals surface area contributed by atoms with Crippen LogP contribution in [0.5, 0.6) is 5.88 Å². The SMILES string of the molecule is COc1nnc(-c2ccc(C(=N)N)cc2)cc1C(=O)N[C@H]1CC[C@H](C(=O)O)CC1. The van der Waals surface area contributed by atoms with E-state index in [-0.39, 0.29) is 35.1 Å². The molecule has 0 radical (unpaired) electrons. The first-order valence-corrected chi connectivity index (χ1v) is 9.29. The van der Waals surface area contributed by atoms with Crippen molar-refractivity contribution in [1.29, 1.82) is 5.41 Å². The average Bonchev–Trinajstić information content (AvgIpc) is 2.73. The van der Waals surface area contributed by atoms with E-state index in [2.05, 4.69) is 15.5 Å². The fraction of sp³-hybridized carbons (Fsp3) is 0.350. The minimum atomic E-state index is -0.782. The third-order valence-electron chi connectivity index (χ3n) is 5.10. The number of nitrogens with two attached hydrogens (primary N) is 1. The largest absolute Gasteiger partial charge is 0.481 e. The number of carboxylic acid groups (broad SMARTS) is 1. The van der Waals surface area contributed by atoms with Gasteiger partial charge in [-0.05, 0) is 31.7 Å². The van der Waals surface area contributed by atoms with Gasteiger partial charge in [-0.1, -0.05) is 24.3 Å². The maximum atomic E-state index is 12.8. The number of carboxylic acids is 1. The van der Waals surface area contributed by atoms with Gasteiger partial charge in [0, 0.05) is 17.2 Å². The Bertz CT molecular complexity index is 921. The van der Waals surface area contributed by atoms with E-state index in [1.165, 1.54) is 7.11 Å². The van der Waals surface area contributed by atoms with E-state index in [1.54, 1.807) is 30.3 Å². The first kappa shape index (κ1) is 20.2. The number of ether oxygens (including phenoxy) is 1. The van der Waals surface area contributed by atoms with Crippen LogP contribution in [0, 0.1) is 11.3 Å². The average molecular weight is 397 g/mol. The number of nitrogen functional groups attached to an aromatic ring is 1. The molecule has 0 bridgehead atoms. The molecule has 0 atom stereocenters. The highest BCUT2D eigenvalue weighted by Crippen LogP contribution is 2.26. The summed E-state index contributed by atoms with van der Waals surface area (Å²) < 4.78 is 5.19. The highest BCUT2D eigenvalue weighted by Gasteiger charge is 2.28. The van der Waals surface area contributed by atoms with E-state index in [9.17, 15) is 9.59 Å². The second-order valence-electron chi connectivity index (χ2n) is 7.00. The molecular weight excluding hydrogens is 374 g/mol. The lowest BCUT2D eigenvalue weighted by atomic mass is 9.86. The molecule has 0 spiro atoms. The first-order chi connectivity index (χ1) is 13.9. The predicted octanol–water partition coefficient (Wildman–Crippen LogP) is 1.81. The molecule has 1 aliphatic carbocycles. The van der Waals surface area contributed by atoms with Crippen molar-refractivity contribution in [3.63, 3.8) is 0 Å². The Morgan fingerprint density at radius 1 is 1.17 bits per heavy atom. The molecule has 1 aliphatic rings. The first-order valence-electron chi connectivity index (χ1n) is 9.29. The fourth-order valence-corrected chi connectivity index (χ4v) is 3.40. The van der Waals surface area contributed by atoms with Gasteiger partial charge >= 0.3 is 5.97 Å². The van der Waals surface area contributed by atoms with Gasteiger partial charge in [0.05, 0.1) is 18.7 Å². The Morgan fingerprint density at radius 3 is 2.38 bits per heavy atom. The molecule has 9 heteroatoms. The normalized spacial score (nSPS) is 18.7. The van der Waals surface area contributed by atoms with Crippen LogP contribution in [0.25, 0.3) is 11.3 Å². The summed E-state index contributed by atoms with van der Waals surface area (Å²) in [6.45, 7) is 0. The van der Waals surface area contributed by atoms with E-state index in [0.29, 0.717) is 36.9 Å². The van der Waals surface area contributed by atoms with Gasteiger partial charge in [0.1, 0.15) is 11.4 Å². The smallest absolute Gasteiger partial charge is 0.306 e. The number of amides is 1. The molecule has 152 valence electrons. The maximum absolute atomic E-state index is 12.8. The second-order valence-corrected chi connectivity index (χ2v) is 7.00. The molecule has 0 unspecified atom stereocenters. The summed E-state index contributed by atoms with van der Waals surface area (Å²) in [6, 6.07) is 8.42. The van der Waals surface area contributed by atoms with E-state index in [0.717, 1.165) is 5.56 Å². The Labute approximate surface area is 167 Å². The summed E-state index contributed by atoms with van der Waals surface area (Å²) in [5, 5.41) is 27.6. The van der Waals surface area contributed by atoms with Crippen molar-refractivity contribution in [3.05, 3.63) is 41.5 Å². The van der Waals surface area contributed by atoms with Crippen LogP contribution in [0.4, 0.5) is 0 Å². The highest BCUT2D eigenvalue weighted by atomic mass is 16.5. The summed E-state index contributed by atoms with van der Waals surface area (Å²) in [5.74, 6) is -1.38. The Balaban J connectivity index is 1.77. The molecule has 5 N–H and O–H groups in total. The molecule has 1 heterocycles. The van der Waals surface area contributed by atoms with Gasteiger partial charge in [-0.2, -0.15) is 0 Å². The molecule has 0 aliphatic heterocycles. The molecular formula is C20H23N5O4. The lowest BCUT2D eigenvalue weighted by molar-refractivity contribution is -0.142. The minimum Gasteiger partial charge on any atom is -0.481 e. The molecule has 1 aromatic heterocycles. The number of nitrogens with one attached hydrogen (secondary N) is 2. The Morgan fingerprint density at radius 2 is 1.83 bits per heavy atom. The lowest BCUT2D eigenvalue weighted by Crippen LogP contribution is -2.39. The molecule has 1 fully saturated rings. The number of hydrogen-bond donors (Lipinski definition) is 4. The van der Waals surface area contributed by atoms with E-state index < -0.39 is 5.97 Å². The topological polar surface area (TPSA) is 151 Å². The van der Waals surface area contributed by atoms with Crippen LogP contribution < -0.4 is 15.8 Å². The molecule has 1 aromatic carbocycles. The van der Waals surface area contributed by atoms with Crippen LogP contribution in [0.1, 0.15) is 41.6 Å². The van der Waals surface area contributed by atoms with Gasteiger partial charge in [0.2, 0.25) is 5.88 Å². The molecule has 1 saturated carbocycles. The van der Waals surface area contributed by atoms with Gasteiger partial charge < -0.3 is 20.9 Å². The van der Waals surface area contributed by atoms with Crippen molar-refractivity contribution in [2.75, 3.05) is 7.11 Å². The van der Waals surface area contributed by atoms with Gasteiger partial charge in [-0.3, -0.25) is 15.0 Å². The third-order valence-corrected chi connectivity index (χ3v) is 5.10. The van der Waals surface area contributed by atoms with Gasteiger partial charge in [-0.15, -0.1) is 10.2 Å². The number of carbonyl (C=O) groups is 2. The van der Waals surface area contributed by atoms with Gasteiger partial charge in [-0.25, -0.2) is 0 Å². The number of nitrogens with zero attached hydrogens (tertiary/aromatic N) is 2. The Kier molecular flexibility index (Phi) is 6.06. The monoisotopic (exact) mass is 397 g/mol. The van der Waals surface area contributed by atoms with Crippen molar-refractivity contribution in [3.8, 4) is 17.1 Å². The summed E-state index contributed by atoms with van der Waals surface area (Å²) in [7, 11) is 1.42. The molecule has 2 aromatic rings.